The summed E-state index contributed by atoms with van der Waals surface area (Å²) in [7, 11) is 0. The van der Waals surface area contributed by atoms with Gasteiger partial charge in [0, 0.05) is 16.6 Å². The molecule has 5 heteroatoms. The number of H-pyrrole nitrogens is 1. The van der Waals surface area contributed by atoms with Crippen molar-refractivity contribution in [2.45, 2.75) is 0 Å². The Bertz CT molecular complexity index is 530. The minimum absolute atomic E-state index is 0.102. The summed E-state index contributed by atoms with van der Waals surface area (Å²) in [5.74, 6) is -1.02. The molecule has 15 heavy (non-hydrogen) atoms. The van der Waals surface area contributed by atoms with Crippen molar-refractivity contribution in [2.75, 3.05) is 5.32 Å². The lowest BCUT2D eigenvalue weighted by atomic mass is 10.2. The monoisotopic (exact) mass is 204 g/mol. The summed E-state index contributed by atoms with van der Waals surface area (Å²) < 4.78 is 0. The summed E-state index contributed by atoms with van der Waals surface area (Å²) >= 11 is 0. The minimum atomic E-state index is -1.02. The van der Waals surface area contributed by atoms with E-state index in [0.717, 1.165) is 0 Å². The van der Waals surface area contributed by atoms with Crippen LogP contribution in [-0.4, -0.2) is 22.5 Å². The minimum Gasteiger partial charge on any atom is -0.477 e. The van der Waals surface area contributed by atoms with Crippen molar-refractivity contribution in [3.63, 3.8) is 0 Å². The first-order chi connectivity index (χ1) is 7.22. The molecular formula is C10H8N2O3. The van der Waals surface area contributed by atoms with E-state index >= 15 is 0 Å². The third-order valence-electron chi connectivity index (χ3n) is 2.11. The van der Waals surface area contributed by atoms with E-state index in [1.54, 1.807) is 18.2 Å². The van der Waals surface area contributed by atoms with Crippen molar-refractivity contribution in [3.8, 4) is 0 Å². The third kappa shape index (κ3) is 1.54. The maximum Gasteiger partial charge on any atom is 0.352 e. The highest BCUT2D eigenvalue weighted by Gasteiger charge is 2.09. The second kappa shape index (κ2) is 3.45. The van der Waals surface area contributed by atoms with Gasteiger partial charge in [0.05, 0.1) is 0 Å². The van der Waals surface area contributed by atoms with E-state index in [9.17, 15) is 9.59 Å². The number of benzene rings is 1. The number of carboxylic acids is 1. The molecule has 0 spiro atoms. The molecule has 5 nitrogen and oxygen atoms in total. The van der Waals surface area contributed by atoms with Crippen LogP contribution < -0.4 is 5.32 Å². The van der Waals surface area contributed by atoms with Gasteiger partial charge in [-0.2, -0.15) is 0 Å². The topological polar surface area (TPSA) is 82.2 Å². The Morgan fingerprint density at radius 3 is 2.93 bits per heavy atom. The van der Waals surface area contributed by atoms with Crippen molar-refractivity contribution in [3.05, 3.63) is 30.0 Å². The van der Waals surface area contributed by atoms with Gasteiger partial charge in [-0.3, -0.25) is 4.79 Å². The van der Waals surface area contributed by atoms with Crippen molar-refractivity contribution >= 4 is 29.0 Å². The Kier molecular flexibility index (Phi) is 2.13. The number of nitrogens with one attached hydrogen (secondary N) is 2. The highest BCUT2D eigenvalue weighted by molar-refractivity contribution is 6.01. The normalized spacial score (nSPS) is 10.1. The molecule has 76 valence electrons. The lowest BCUT2D eigenvalue weighted by molar-refractivity contribution is -0.105. The number of aromatic carboxylic acids is 1. The Labute approximate surface area is 84.7 Å². The van der Waals surface area contributed by atoms with Crippen LogP contribution in [0.2, 0.25) is 0 Å². The zero-order valence-electron chi connectivity index (χ0n) is 7.65. The van der Waals surface area contributed by atoms with Gasteiger partial charge < -0.3 is 15.4 Å². The summed E-state index contributed by atoms with van der Waals surface area (Å²) in [4.78, 5) is 23.8. The van der Waals surface area contributed by atoms with Crippen molar-refractivity contribution in [2.24, 2.45) is 0 Å². The molecule has 3 N–H and O–H groups in total. The third-order valence-corrected chi connectivity index (χ3v) is 2.11. The van der Waals surface area contributed by atoms with Gasteiger partial charge in [-0.05, 0) is 18.2 Å². The molecule has 0 fully saturated rings. The first kappa shape index (κ1) is 9.26. The molecule has 0 radical (unpaired) electrons. The molecule has 1 aromatic heterocycles. The molecule has 0 atom stereocenters. The van der Waals surface area contributed by atoms with Crippen molar-refractivity contribution < 1.29 is 14.7 Å². The van der Waals surface area contributed by atoms with E-state index in [4.69, 9.17) is 5.11 Å². The molecule has 0 unspecified atom stereocenters. The summed E-state index contributed by atoms with van der Waals surface area (Å²) in [6.45, 7) is 0. The molecule has 1 aromatic carbocycles. The van der Waals surface area contributed by atoms with Crippen molar-refractivity contribution in [1.82, 2.24) is 4.98 Å². The van der Waals surface area contributed by atoms with Gasteiger partial charge >= 0.3 is 5.97 Å². The van der Waals surface area contributed by atoms with Gasteiger partial charge in [0.1, 0.15) is 5.69 Å². The predicted octanol–water partition coefficient (Wildman–Crippen LogP) is 1.43. The van der Waals surface area contributed by atoms with Crippen LogP contribution in [0.5, 0.6) is 0 Å². The number of rotatable bonds is 3. The zero-order chi connectivity index (χ0) is 10.8. The lowest BCUT2D eigenvalue weighted by Gasteiger charge is -1.98. The summed E-state index contributed by atoms with van der Waals surface area (Å²) in [5, 5.41) is 12.0. The number of aromatic amines is 1. The highest BCUT2D eigenvalue weighted by Crippen LogP contribution is 2.23. The molecule has 1 amide bonds. The SMILES string of the molecule is O=CNc1cccc2[nH]c(C(=O)O)cc12. The maximum atomic E-state index is 10.7. The van der Waals surface area contributed by atoms with Crippen LogP contribution in [0, 0.1) is 0 Å². The number of carbonyl (C=O) groups is 2. The standard InChI is InChI=1S/C10H8N2O3/c13-5-11-7-2-1-3-8-6(7)4-9(12-8)10(14)15/h1-5,12H,(H,11,13)(H,14,15). The van der Waals surface area contributed by atoms with Crippen LogP contribution >= 0.6 is 0 Å². The summed E-state index contributed by atoms with van der Waals surface area (Å²) in [6, 6.07) is 6.67. The number of aromatic nitrogens is 1. The lowest BCUT2D eigenvalue weighted by Crippen LogP contribution is -1.94. The molecule has 0 saturated heterocycles. The molecule has 0 aliphatic heterocycles. The molecule has 0 aliphatic rings. The summed E-state index contributed by atoms with van der Waals surface area (Å²) in [5.41, 5.74) is 1.37. The average molecular weight is 204 g/mol. The van der Waals surface area contributed by atoms with Crippen LogP contribution in [0.3, 0.4) is 0 Å². The fraction of sp³-hybridized carbons (Fsp3) is 0. The first-order valence-electron chi connectivity index (χ1n) is 4.27. The number of carboxylic acid groups (broad SMARTS) is 1. The highest BCUT2D eigenvalue weighted by atomic mass is 16.4. The van der Waals surface area contributed by atoms with E-state index in [2.05, 4.69) is 10.3 Å². The number of carbonyl (C=O) groups excluding carboxylic acids is 1. The van der Waals surface area contributed by atoms with Crippen LogP contribution in [-0.2, 0) is 4.79 Å². The second-order valence-electron chi connectivity index (χ2n) is 3.02. The van der Waals surface area contributed by atoms with Gasteiger partial charge in [-0.1, -0.05) is 6.07 Å². The Hall–Kier alpha value is -2.30. The Morgan fingerprint density at radius 2 is 2.27 bits per heavy atom. The van der Waals surface area contributed by atoms with Gasteiger partial charge in [0.2, 0.25) is 6.41 Å². The van der Waals surface area contributed by atoms with E-state index in [1.165, 1.54) is 6.07 Å². The van der Waals surface area contributed by atoms with Gasteiger partial charge in [0.15, 0.2) is 0 Å². The van der Waals surface area contributed by atoms with E-state index in [-0.39, 0.29) is 5.69 Å². The van der Waals surface area contributed by atoms with Crippen molar-refractivity contribution in [1.29, 1.82) is 0 Å². The molecular weight excluding hydrogens is 196 g/mol. The van der Waals surface area contributed by atoms with Crippen LogP contribution in [0.25, 0.3) is 10.9 Å². The zero-order valence-corrected chi connectivity index (χ0v) is 7.65. The van der Waals surface area contributed by atoms with Gasteiger partial charge in [-0.15, -0.1) is 0 Å². The maximum absolute atomic E-state index is 10.7. The number of hydrogen-bond donors (Lipinski definition) is 3. The fourth-order valence-corrected chi connectivity index (χ4v) is 1.46. The van der Waals surface area contributed by atoms with E-state index < -0.39 is 5.97 Å². The smallest absolute Gasteiger partial charge is 0.352 e. The van der Waals surface area contributed by atoms with E-state index in [1.807, 2.05) is 0 Å². The molecule has 0 saturated carbocycles. The molecule has 0 bridgehead atoms. The molecule has 2 aromatic rings. The molecule has 0 aliphatic carbocycles. The average Bonchev–Trinajstić information content (AvgIpc) is 2.63. The fourth-order valence-electron chi connectivity index (χ4n) is 1.46. The van der Waals surface area contributed by atoms with Crippen LogP contribution in [0.15, 0.2) is 24.3 Å². The van der Waals surface area contributed by atoms with Gasteiger partial charge in [0.25, 0.3) is 0 Å². The van der Waals surface area contributed by atoms with Crippen LogP contribution in [0.4, 0.5) is 5.69 Å². The quantitative estimate of drug-likeness (QED) is 0.661. The number of anilines is 1. The second-order valence-corrected chi connectivity index (χ2v) is 3.02. The number of hydrogen-bond acceptors (Lipinski definition) is 2. The van der Waals surface area contributed by atoms with Gasteiger partial charge in [-0.25, -0.2) is 4.79 Å². The first-order valence-corrected chi connectivity index (χ1v) is 4.27. The number of fused-ring (bicyclic) bond motifs is 1. The Balaban J connectivity index is 2.63. The Morgan fingerprint density at radius 1 is 1.47 bits per heavy atom. The van der Waals surface area contributed by atoms with Crippen LogP contribution in [0.1, 0.15) is 10.5 Å². The predicted molar refractivity (Wildman–Crippen MR) is 54.9 cm³/mol. The molecule has 1 heterocycles. The number of amides is 1. The van der Waals surface area contributed by atoms with E-state index in [0.29, 0.717) is 23.0 Å². The largest absolute Gasteiger partial charge is 0.477 e. The summed E-state index contributed by atoms with van der Waals surface area (Å²) in [6.07, 6.45) is 0.558. The molecule has 2 rings (SSSR count).